The highest BCUT2D eigenvalue weighted by atomic mass is 32.1. The van der Waals surface area contributed by atoms with Crippen LogP contribution in [0, 0.1) is 13.8 Å². The molecule has 2 amide bonds. The fraction of sp³-hybridized carbons (Fsp3) is 0.174. The highest BCUT2D eigenvalue weighted by molar-refractivity contribution is 7.19. The Bertz CT molecular complexity index is 1150. The summed E-state index contributed by atoms with van der Waals surface area (Å²) in [6.45, 7) is 3.57. The van der Waals surface area contributed by atoms with Crippen LogP contribution in [-0.2, 0) is 4.74 Å². The zero-order valence-electron chi connectivity index (χ0n) is 17.6. The monoisotopic (exact) mass is 438 g/mol. The number of nitrogens with one attached hydrogen (secondary N) is 2. The zero-order valence-corrected chi connectivity index (χ0v) is 18.4. The Morgan fingerprint density at radius 1 is 0.903 bits per heavy atom. The lowest BCUT2D eigenvalue weighted by Gasteiger charge is -2.07. The number of esters is 1. The van der Waals surface area contributed by atoms with Crippen LogP contribution in [0.2, 0.25) is 0 Å². The number of hydrogen-bond acceptors (Lipinski definition) is 6. The summed E-state index contributed by atoms with van der Waals surface area (Å²) >= 11 is 1.02. The predicted molar refractivity (Wildman–Crippen MR) is 120 cm³/mol. The van der Waals surface area contributed by atoms with Crippen molar-refractivity contribution in [2.75, 3.05) is 24.9 Å². The number of thiophene rings is 1. The van der Waals surface area contributed by atoms with E-state index in [1.807, 2.05) is 25.1 Å². The molecule has 0 fully saturated rings. The fourth-order valence-electron chi connectivity index (χ4n) is 3.02. The topological polar surface area (TPSA) is 93.7 Å². The molecule has 1 aromatic heterocycles. The van der Waals surface area contributed by atoms with Crippen LogP contribution in [0.1, 0.15) is 41.5 Å². The van der Waals surface area contributed by atoms with Gasteiger partial charge in [-0.3, -0.25) is 9.59 Å². The van der Waals surface area contributed by atoms with Gasteiger partial charge in [-0.25, -0.2) is 4.79 Å². The van der Waals surface area contributed by atoms with E-state index in [9.17, 15) is 14.4 Å². The third kappa shape index (κ3) is 4.92. The summed E-state index contributed by atoms with van der Waals surface area (Å²) in [4.78, 5) is 38.3. The molecular weight excluding hydrogens is 416 g/mol. The van der Waals surface area contributed by atoms with E-state index in [1.165, 1.54) is 14.2 Å². The molecular formula is C23H22N2O5S. The van der Waals surface area contributed by atoms with E-state index in [1.54, 1.807) is 37.3 Å². The molecule has 0 spiro atoms. The maximum Gasteiger partial charge on any atom is 0.341 e. The van der Waals surface area contributed by atoms with Gasteiger partial charge in [-0.2, -0.15) is 0 Å². The third-order valence-electron chi connectivity index (χ3n) is 4.58. The van der Waals surface area contributed by atoms with Crippen LogP contribution in [0.15, 0.2) is 48.5 Å². The highest BCUT2D eigenvalue weighted by Gasteiger charge is 2.26. The van der Waals surface area contributed by atoms with E-state index in [4.69, 9.17) is 9.47 Å². The summed E-state index contributed by atoms with van der Waals surface area (Å²) in [5, 5.41) is 5.80. The van der Waals surface area contributed by atoms with E-state index in [-0.39, 0.29) is 16.5 Å². The van der Waals surface area contributed by atoms with Gasteiger partial charge in [-0.1, -0.05) is 18.2 Å². The number of carbonyl (C=O) groups excluding carboxylic acids is 3. The molecule has 0 bridgehead atoms. The number of anilines is 2. The molecule has 3 aromatic rings. The summed E-state index contributed by atoms with van der Waals surface area (Å²) in [5.74, 6) is -0.915. The van der Waals surface area contributed by atoms with Gasteiger partial charge in [0.1, 0.15) is 10.8 Å². The maximum absolute atomic E-state index is 12.9. The van der Waals surface area contributed by atoms with Gasteiger partial charge in [0.05, 0.1) is 24.7 Å². The number of amides is 2. The van der Waals surface area contributed by atoms with E-state index in [2.05, 4.69) is 10.6 Å². The molecule has 31 heavy (non-hydrogen) atoms. The SMILES string of the molecule is COC(=O)c1c(NC(=O)c2cccc(OC)c2)sc(C(=O)Nc2cccc(C)c2)c1C. The molecule has 0 atom stereocenters. The van der Waals surface area contributed by atoms with Gasteiger partial charge >= 0.3 is 5.97 Å². The van der Waals surface area contributed by atoms with E-state index in [0.717, 1.165) is 16.9 Å². The second-order valence-corrected chi connectivity index (χ2v) is 7.78. The predicted octanol–water partition coefficient (Wildman–Crippen LogP) is 4.66. The maximum atomic E-state index is 12.9. The van der Waals surface area contributed by atoms with Crippen LogP contribution < -0.4 is 15.4 Å². The number of methoxy groups -OCH3 is 2. The second-order valence-electron chi connectivity index (χ2n) is 6.76. The lowest BCUT2D eigenvalue weighted by molar-refractivity contribution is 0.0601. The molecule has 2 N–H and O–H groups in total. The molecule has 0 aliphatic heterocycles. The van der Waals surface area contributed by atoms with Crippen molar-refractivity contribution in [1.29, 1.82) is 0 Å². The first kappa shape index (κ1) is 22.0. The van der Waals surface area contributed by atoms with Crippen molar-refractivity contribution in [2.45, 2.75) is 13.8 Å². The Morgan fingerprint density at radius 3 is 2.32 bits per heavy atom. The standard InChI is InChI=1S/C23H22N2O5S/c1-13-7-5-9-16(11-13)24-21(27)19-14(2)18(23(28)30-4)22(31-19)25-20(26)15-8-6-10-17(12-15)29-3/h5-12H,1-4H3,(H,24,27)(H,25,26). The first-order chi connectivity index (χ1) is 14.8. The van der Waals surface area contributed by atoms with Crippen molar-refractivity contribution >= 4 is 39.8 Å². The first-order valence-corrected chi connectivity index (χ1v) is 10.2. The van der Waals surface area contributed by atoms with Crippen LogP contribution in [0.3, 0.4) is 0 Å². The van der Waals surface area contributed by atoms with E-state index >= 15 is 0 Å². The lowest BCUT2D eigenvalue weighted by atomic mass is 10.1. The smallest absolute Gasteiger partial charge is 0.341 e. The van der Waals surface area contributed by atoms with Crippen LogP contribution in [-0.4, -0.2) is 32.0 Å². The quantitative estimate of drug-likeness (QED) is 0.546. The van der Waals surface area contributed by atoms with Gasteiger partial charge in [0.25, 0.3) is 11.8 Å². The first-order valence-electron chi connectivity index (χ1n) is 9.39. The average Bonchev–Trinajstić information content (AvgIpc) is 3.09. The van der Waals surface area contributed by atoms with Crippen molar-refractivity contribution in [3.05, 3.63) is 75.7 Å². The minimum absolute atomic E-state index is 0.151. The largest absolute Gasteiger partial charge is 0.497 e. The zero-order chi connectivity index (χ0) is 22.5. The van der Waals surface area contributed by atoms with Gasteiger partial charge in [0.15, 0.2) is 0 Å². The summed E-state index contributed by atoms with van der Waals surface area (Å²) in [7, 11) is 2.76. The van der Waals surface area contributed by atoms with Crippen LogP contribution in [0.4, 0.5) is 10.7 Å². The Kier molecular flexibility index (Phi) is 6.71. The van der Waals surface area contributed by atoms with Crippen molar-refractivity contribution in [3.63, 3.8) is 0 Å². The molecule has 8 heteroatoms. The third-order valence-corrected chi connectivity index (χ3v) is 5.78. The minimum atomic E-state index is -0.635. The molecule has 0 saturated heterocycles. The molecule has 0 unspecified atom stereocenters. The molecule has 0 radical (unpaired) electrons. The van der Waals surface area contributed by atoms with Crippen molar-refractivity contribution < 1.29 is 23.9 Å². The number of rotatable bonds is 6. The van der Waals surface area contributed by atoms with Gasteiger partial charge in [0.2, 0.25) is 0 Å². The van der Waals surface area contributed by atoms with Gasteiger partial charge in [-0.15, -0.1) is 11.3 Å². The normalized spacial score (nSPS) is 10.3. The minimum Gasteiger partial charge on any atom is -0.497 e. The Labute approximate surface area is 184 Å². The number of ether oxygens (including phenoxy) is 2. The summed E-state index contributed by atoms with van der Waals surface area (Å²) in [5.41, 5.74) is 2.58. The fourth-order valence-corrected chi connectivity index (χ4v) is 4.10. The summed E-state index contributed by atoms with van der Waals surface area (Å²) < 4.78 is 10.0. The van der Waals surface area contributed by atoms with Crippen LogP contribution in [0.25, 0.3) is 0 Å². The molecule has 160 valence electrons. The molecule has 0 aliphatic rings. The highest BCUT2D eigenvalue weighted by Crippen LogP contribution is 2.34. The van der Waals surface area contributed by atoms with E-state index in [0.29, 0.717) is 27.4 Å². The number of carbonyl (C=O) groups is 3. The molecule has 3 rings (SSSR count). The number of benzene rings is 2. The molecule has 7 nitrogen and oxygen atoms in total. The van der Waals surface area contributed by atoms with Crippen molar-refractivity contribution in [1.82, 2.24) is 0 Å². The summed E-state index contributed by atoms with van der Waals surface area (Å²) in [6.07, 6.45) is 0. The van der Waals surface area contributed by atoms with E-state index < -0.39 is 11.9 Å². The molecule has 2 aromatic carbocycles. The Balaban J connectivity index is 1.93. The Hall–Kier alpha value is -3.65. The number of aryl methyl sites for hydroxylation is 1. The average molecular weight is 439 g/mol. The summed E-state index contributed by atoms with van der Waals surface area (Å²) in [6, 6.07) is 14.0. The molecule has 0 aliphatic carbocycles. The second kappa shape index (κ2) is 9.44. The Morgan fingerprint density at radius 2 is 1.65 bits per heavy atom. The van der Waals surface area contributed by atoms with Crippen LogP contribution in [0.5, 0.6) is 5.75 Å². The van der Waals surface area contributed by atoms with Crippen molar-refractivity contribution in [3.8, 4) is 5.75 Å². The molecule has 1 heterocycles. The van der Waals surface area contributed by atoms with Gasteiger partial charge < -0.3 is 20.1 Å². The lowest BCUT2D eigenvalue weighted by Crippen LogP contribution is -2.14. The van der Waals surface area contributed by atoms with Crippen molar-refractivity contribution in [2.24, 2.45) is 0 Å². The molecule has 0 saturated carbocycles. The van der Waals surface area contributed by atoms with Gasteiger partial charge in [0, 0.05) is 11.3 Å². The van der Waals surface area contributed by atoms with Crippen LogP contribution >= 0.6 is 11.3 Å². The van der Waals surface area contributed by atoms with Gasteiger partial charge in [-0.05, 0) is 55.3 Å². The number of hydrogen-bond donors (Lipinski definition) is 2.